The van der Waals surface area contributed by atoms with Gasteiger partial charge in [0.2, 0.25) is 5.91 Å². The summed E-state index contributed by atoms with van der Waals surface area (Å²) in [4.78, 5) is 35.7. The lowest BCUT2D eigenvalue weighted by Gasteiger charge is -2.23. The van der Waals surface area contributed by atoms with E-state index in [1.54, 1.807) is 18.2 Å². The summed E-state index contributed by atoms with van der Waals surface area (Å²) < 4.78 is 0. The fourth-order valence-corrected chi connectivity index (χ4v) is 3.65. The lowest BCUT2D eigenvalue weighted by atomic mass is 9.82. The van der Waals surface area contributed by atoms with Gasteiger partial charge in [0.05, 0.1) is 22.4 Å². The Labute approximate surface area is 137 Å². The summed E-state index contributed by atoms with van der Waals surface area (Å²) in [5.41, 5.74) is 4.85. The van der Waals surface area contributed by atoms with Crippen LogP contribution in [0.1, 0.15) is 16.8 Å². The molecule has 23 heavy (non-hydrogen) atoms. The average molecular weight is 335 g/mol. The molecule has 120 valence electrons. The highest BCUT2D eigenvalue weighted by Crippen LogP contribution is 2.48. The van der Waals surface area contributed by atoms with Gasteiger partial charge in [0.1, 0.15) is 0 Å². The molecular weight excluding hydrogens is 320 g/mol. The van der Waals surface area contributed by atoms with Crippen LogP contribution >= 0.6 is 11.6 Å². The van der Waals surface area contributed by atoms with Gasteiger partial charge in [0, 0.05) is 0 Å². The van der Waals surface area contributed by atoms with E-state index in [9.17, 15) is 19.5 Å². The molecule has 0 radical (unpaired) electrons. The first kappa shape index (κ1) is 15.6. The summed E-state index contributed by atoms with van der Waals surface area (Å²) in [7, 11) is 0. The number of carbonyl (C=O) groups excluding carboxylic acids is 2. The predicted molar refractivity (Wildman–Crippen MR) is 82.4 cm³/mol. The number of benzene rings is 1. The van der Waals surface area contributed by atoms with Crippen LogP contribution in [0.4, 0.5) is 0 Å². The Kier molecular flexibility index (Phi) is 4.09. The fourth-order valence-electron chi connectivity index (χ4n) is 3.43. The Morgan fingerprint density at radius 1 is 1.04 bits per heavy atom. The number of rotatable bonds is 3. The van der Waals surface area contributed by atoms with Crippen LogP contribution in [0, 0.1) is 23.7 Å². The third kappa shape index (κ3) is 2.82. The molecule has 3 rings (SSSR count). The first-order chi connectivity index (χ1) is 11.0. The normalized spacial score (nSPS) is 27.7. The number of hydrogen-bond acceptors (Lipinski definition) is 3. The molecular formula is C16H15ClN2O4. The molecule has 1 aromatic rings. The summed E-state index contributed by atoms with van der Waals surface area (Å²) in [5, 5.41) is 9.60. The maximum absolute atomic E-state index is 12.3. The highest BCUT2D eigenvalue weighted by Gasteiger charge is 2.51. The van der Waals surface area contributed by atoms with Crippen molar-refractivity contribution in [3.8, 4) is 0 Å². The van der Waals surface area contributed by atoms with Crippen LogP contribution in [0.2, 0.25) is 5.02 Å². The first-order valence-corrected chi connectivity index (χ1v) is 7.62. The Balaban J connectivity index is 1.66. The molecule has 3 N–H and O–H groups in total. The summed E-state index contributed by atoms with van der Waals surface area (Å²) in [5.74, 6) is -3.66. The molecule has 2 bridgehead atoms. The largest absolute Gasteiger partial charge is 0.481 e. The zero-order valence-corrected chi connectivity index (χ0v) is 12.8. The molecule has 1 saturated carbocycles. The fraction of sp³-hybridized carbons (Fsp3) is 0.312. The van der Waals surface area contributed by atoms with Gasteiger partial charge in [0.25, 0.3) is 5.91 Å². The summed E-state index contributed by atoms with van der Waals surface area (Å²) in [6.45, 7) is 0. The molecule has 2 amide bonds. The monoisotopic (exact) mass is 334 g/mol. The Morgan fingerprint density at radius 3 is 2.35 bits per heavy atom. The van der Waals surface area contributed by atoms with Crippen LogP contribution in [-0.2, 0) is 9.59 Å². The van der Waals surface area contributed by atoms with Gasteiger partial charge in [-0.2, -0.15) is 0 Å². The van der Waals surface area contributed by atoms with Crippen molar-refractivity contribution in [2.75, 3.05) is 0 Å². The molecule has 2 aliphatic rings. The van der Waals surface area contributed by atoms with Crippen molar-refractivity contribution in [2.24, 2.45) is 23.7 Å². The maximum Gasteiger partial charge on any atom is 0.307 e. The van der Waals surface area contributed by atoms with E-state index in [1.807, 2.05) is 12.2 Å². The number of fused-ring (bicyclic) bond motifs is 2. The summed E-state index contributed by atoms with van der Waals surface area (Å²) in [6.07, 6.45) is 4.40. The van der Waals surface area contributed by atoms with Crippen molar-refractivity contribution in [3.63, 3.8) is 0 Å². The second kappa shape index (κ2) is 6.04. The number of carboxylic acids is 1. The average Bonchev–Trinajstić information content (AvgIpc) is 3.13. The SMILES string of the molecule is O=C(NNC(=O)[C@@H]1[C@@H](C(=O)O)[C@@H]2C=C[C@H]1C2)c1ccccc1Cl. The van der Waals surface area contributed by atoms with Crippen molar-refractivity contribution in [1.82, 2.24) is 10.9 Å². The van der Waals surface area contributed by atoms with Crippen LogP contribution in [0.3, 0.4) is 0 Å². The van der Waals surface area contributed by atoms with Gasteiger partial charge in [0.15, 0.2) is 0 Å². The van der Waals surface area contributed by atoms with Crippen LogP contribution in [0.15, 0.2) is 36.4 Å². The standard InChI is InChI=1S/C16H15ClN2O4/c17-11-4-2-1-3-10(11)14(20)18-19-15(21)12-8-5-6-9(7-8)13(12)16(22)23/h1-6,8-9,12-13H,7H2,(H,18,20)(H,19,21)(H,22,23)/t8-,9+,12-,13-/m0/s1. The van der Waals surface area contributed by atoms with E-state index >= 15 is 0 Å². The highest BCUT2D eigenvalue weighted by atomic mass is 35.5. The lowest BCUT2D eigenvalue weighted by Crippen LogP contribution is -2.48. The smallest absolute Gasteiger partial charge is 0.307 e. The maximum atomic E-state index is 12.3. The number of amides is 2. The first-order valence-electron chi connectivity index (χ1n) is 7.25. The highest BCUT2D eigenvalue weighted by molar-refractivity contribution is 6.33. The molecule has 2 aliphatic carbocycles. The van der Waals surface area contributed by atoms with E-state index in [2.05, 4.69) is 10.9 Å². The van der Waals surface area contributed by atoms with Gasteiger partial charge in [-0.15, -0.1) is 0 Å². The number of carboxylic acid groups (broad SMARTS) is 1. The summed E-state index contributed by atoms with van der Waals surface area (Å²) >= 11 is 5.92. The molecule has 0 heterocycles. The van der Waals surface area contributed by atoms with Gasteiger partial charge in [-0.1, -0.05) is 35.9 Å². The quantitative estimate of drug-likeness (QED) is 0.578. The van der Waals surface area contributed by atoms with Gasteiger partial charge >= 0.3 is 5.97 Å². The van der Waals surface area contributed by atoms with E-state index < -0.39 is 29.6 Å². The Bertz CT molecular complexity index is 703. The lowest BCUT2D eigenvalue weighted by molar-refractivity contribution is -0.148. The number of carbonyl (C=O) groups is 3. The third-order valence-electron chi connectivity index (χ3n) is 4.46. The number of aliphatic carboxylic acids is 1. The number of allylic oxidation sites excluding steroid dienone is 2. The number of hydrazine groups is 1. The van der Waals surface area contributed by atoms with Crippen molar-refractivity contribution < 1.29 is 19.5 Å². The van der Waals surface area contributed by atoms with E-state index in [4.69, 9.17) is 11.6 Å². The number of hydrogen-bond donors (Lipinski definition) is 3. The molecule has 0 saturated heterocycles. The molecule has 1 fully saturated rings. The van der Waals surface area contributed by atoms with E-state index in [1.165, 1.54) is 6.07 Å². The molecule has 0 aromatic heterocycles. The molecule has 1 aromatic carbocycles. The van der Waals surface area contributed by atoms with E-state index in [0.29, 0.717) is 6.42 Å². The topological polar surface area (TPSA) is 95.5 Å². The van der Waals surface area contributed by atoms with Crippen molar-refractivity contribution in [2.45, 2.75) is 6.42 Å². The second-order valence-electron chi connectivity index (χ2n) is 5.76. The zero-order valence-electron chi connectivity index (χ0n) is 12.0. The van der Waals surface area contributed by atoms with Gasteiger partial charge in [-0.25, -0.2) is 0 Å². The minimum absolute atomic E-state index is 0.0988. The van der Waals surface area contributed by atoms with Crippen LogP contribution in [-0.4, -0.2) is 22.9 Å². The molecule has 6 nitrogen and oxygen atoms in total. The molecule has 4 atom stereocenters. The molecule has 7 heteroatoms. The van der Waals surface area contributed by atoms with E-state index in [-0.39, 0.29) is 22.4 Å². The summed E-state index contributed by atoms with van der Waals surface area (Å²) in [6, 6.07) is 6.45. The minimum Gasteiger partial charge on any atom is -0.481 e. The zero-order chi connectivity index (χ0) is 16.6. The van der Waals surface area contributed by atoms with Crippen molar-refractivity contribution in [3.05, 3.63) is 47.0 Å². The van der Waals surface area contributed by atoms with Crippen LogP contribution in [0.5, 0.6) is 0 Å². The second-order valence-corrected chi connectivity index (χ2v) is 6.17. The molecule has 0 spiro atoms. The van der Waals surface area contributed by atoms with Crippen molar-refractivity contribution in [1.29, 1.82) is 0 Å². The van der Waals surface area contributed by atoms with Crippen LogP contribution < -0.4 is 10.9 Å². The Morgan fingerprint density at radius 2 is 1.70 bits per heavy atom. The van der Waals surface area contributed by atoms with Gasteiger partial charge in [-0.05, 0) is 30.4 Å². The number of halogens is 1. The predicted octanol–water partition coefficient (Wildman–Crippen LogP) is 1.62. The molecule has 0 unspecified atom stereocenters. The molecule has 0 aliphatic heterocycles. The van der Waals surface area contributed by atoms with Crippen molar-refractivity contribution >= 4 is 29.4 Å². The third-order valence-corrected chi connectivity index (χ3v) is 4.79. The minimum atomic E-state index is -0.987. The van der Waals surface area contributed by atoms with E-state index in [0.717, 1.165) is 0 Å². The van der Waals surface area contributed by atoms with Crippen LogP contribution in [0.25, 0.3) is 0 Å². The Hall–Kier alpha value is -2.34. The van der Waals surface area contributed by atoms with Gasteiger partial charge < -0.3 is 5.11 Å². The number of nitrogens with one attached hydrogen (secondary N) is 2. The van der Waals surface area contributed by atoms with Gasteiger partial charge in [-0.3, -0.25) is 25.2 Å².